The van der Waals surface area contributed by atoms with E-state index in [4.69, 9.17) is 10.5 Å². The third kappa shape index (κ3) is 2.83. The fourth-order valence-corrected chi connectivity index (χ4v) is 2.79. The molecule has 1 aliphatic carbocycles. The lowest BCUT2D eigenvalue weighted by atomic mass is 9.91. The minimum Gasteiger partial charge on any atom is -0.496 e. The molecule has 2 rings (SSSR count). The zero-order chi connectivity index (χ0) is 15.8. The lowest BCUT2D eigenvalue weighted by Gasteiger charge is -2.30. The monoisotopic (exact) mass is 302 g/mol. The van der Waals surface area contributed by atoms with E-state index in [0.29, 0.717) is 22.6 Å². The highest BCUT2D eigenvalue weighted by Gasteiger charge is 2.46. The molecule has 0 spiro atoms. The number of fused-ring (bicyclic) bond motifs is 1. The van der Waals surface area contributed by atoms with Crippen molar-refractivity contribution >= 4 is 5.91 Å². The molecule has 1 amide bonds. The zero-order valence-electron chi connectivity index (χ0n) is 11.8. The third-order valence-corrected chi connectivity index (χ3v) is 3.75. The highest BCUT2D eigenvalue weighted by atomic mass is 19.4. The van der Waals surface area contributed by atoms with Crippen LogP contribution < -0.4 is 10.5 Å². The van der Waals surface area contributed by atoms with Crippen molar-refractivity contribution in [2.24, 2.45) is 5.73 Å². The summed E-state index contributed by atoms with van der Waals surface area (Å²) in [6, 6.07) is 5.10. The topological polar surface area (TPSA) is 55.6 Å². The first kappa shape index (κ1) is 15.6. The van der Waals surface area contributed by atoms with Crippen LogP contribution in [-0.2, 0) is 16.8 Å². The number of halogens is 3. The summed E-state index contributed by atoms with van der Waals surface area (Å²) in [4.78, 5) is 13.0. The van der Waals surface area contributed by atoms with E-state index in [1.54, 1.807) is 18.2 Å². The summed E-state index contributed by atoms with van der Waals surface area (Å²) in [7, 11) is 2.62. The first-order valence-corrected chi connectivity index (χ1v) is 6.46. The van der Waals surface area contributed by atoms with Crippen molar-refractivity contribution in [1.29, 1.82) is 0 Å². The summed E-state index contributed by atoms with van der Waals surface area (Å²) < 4.78 is 42.5. The number of hydrogen-bond acceptors (Lipinski definition) is 3. The number of nitrogens with two attached hydrogens (primary N) is 1. The molecule has 0 radical (unpaired) electrons. The Balaban J connectivity index is 2.32. The molecule has 1 atom stereocenters. The van der Waals surface area contributed by atoms with E-state index in [0.717, 1.165) is 12.6 Å². The van der Waals surface area contributed by atoms with E-state index in [1.807, 2.05) is 0 Å². The second-order valence-corrected chi connectivity index (χ2v) is 5.23. The number of methoxy groups -OCH3 is 1. The van der Waals surface area contributed by atoms with Gasteiger partial charge >= 0.3 is 6.18 Å². The van der Waals surface area contributed by atoms with Gasteiger partial charge < -0.3 is 15.4 Å². The van der Waals surface area contributed by atoms with Gasteiger partial charge in [-0.2, -0.15) is 13.2 Å². The normalized spacial score (nSPS) is 21.0. The average molecular weight is 302 g/mol. The molecular weight excluding hydrogens is 285 g/mol. The van der Waals surface area contributed by atoms with Gasteiger partial charge in [0.05, 0.1) is 7.11 Å². The van der Waals surface area contributed by atoms with Crippen LogP contribution in [-0.4, -0.2) is 37.7 Å². The Morgan fingerprint density at radius 2 is 2.14 bits per heavy atom. The van der Waals surface area contributed by atoms with Crippen LogP contribution in [0.3, 0.4) is 0 Å². The Morgan fingerprint density at radius 3 is 2.71 bits per heavy atom. The standard InChI is InChI=1S/C14H17F3N2O2/c1-19(8-14(15,16)17)12(20)13(18)7-6-9-10(13)4-3-5-11(9)21-2/h3-5H,6-8,18H2,1-2H3. The number of carbonyl (C=O) groups excluding carboxylic acids is 1. The molecule has 1 aliphatic rings. The van der Waals surface area contributed by atoms with Crippen molar-refractivity contribution in [3.8, 4) is 5.75 Å². The molecule has 1 unspecified atom stereocenters. The Morgan fingerprint density at radius 1 is 1.48 bits per heavy atom. The maximum Gasteiger partial charge on any atom is 0.406 e. The van der Waals surface area contributed by atoms with Crippen LogP contribution in [0.1, 0.15) is 17.5 Å². The first-order chi connectivity index (χ1) is 9.69. The fourth-order valence-electron chi connectivity index (χ4n) is 2.79. The van der Waals surface area contributed by atoms with E-state index < -0.39 is 24.2 Å². The summed E-state index contributed by atoms with van der Waals surface area (Å²) in [6.07, 6.45) is -3.68. The molecule has 116 valence electrons. The minimum atomic E-state index is -4.45. The van der Waals surface area contributed by atoms with E-state index in [9.17, 15) is 18.0 Å². The second-order valence-electron chi connectivity index (χ2n) is 5.23. The molecule has 4 nitrogen and oxygen atoms in total. The smallest absolute Gasteiger partial charge is 0.406 e. The molecule has 1 aromatic carbocycles. The second kappa shape index (κ2) is 5.22. The van der Waals surface area contributed by atoms with Crippen LogP contribution in [0.15, 0.2) is 18.2 Å². The lowest BCUT2D eigenvalue weighted by Crippen LogP contribution is -2.52. The van der Waals surface area contributed by atoms with Crippen molar-refractivity contribution in [2.45, 2.75) is 24.6 Å². The van der Waals surface area contributed by atoms with Crippen LogP contribution in [0.4, 0.5) is 13.2 Å². The van der Waals surface area contributed by atoms with E-state index >= 15 is 0 Å². The molecule has 0 saturated heterocycles. The zero-order valence-corrected chi connectivity index (χ0v) is 11.8. The van der Waals surface area contributed by atoms with Gasteiger partial charge in [-0.15, -0.1) is 0 Å². The molecule has 0 aromatic heterocycles. The molecular formula is C14H17F3N2O2. The number of alkyl halides is 3. The Bertz CT molecular complexity index is 560. The molecule has 0 bridgehead atoms. The van der Waals surface area contributed by atoms with Crippen LogP contribution in [0.5, 0.6) is 5.75 Å². The van der Waals surface area contributed by atoms with Crippen LogP contribution >= 0.6 is 0 Å². The fraction of sp³-hybridized carbons (Fsp3) is 0.500. The van der Waals surface area contributed by atoms with Gasteiger partial charge in [0.1, 0.15) is 17.8 Å². The predicted molar refractivity (Wildman–Crippen MR) is 70.9 cm³/mol. The minimum absolute atomic E-state index is 0.268. The number of ether oxygens (including phenoxy) is 1. The van der Waals surface area contributed by atoms with Crippen LogP contribution in [0.2, 0.25) is 0 Å². The van der Waals surface area contributed by atoms with E-state index in [1.165, 1.54) is 7.11 Å². The quantitative estimate of drug-likeness (QED) is 0.926. The number of rotatable bonds is 3. The third-order valence-electron chi connectivity index (χ3n) is 3.75. The number of benzene rings is 1. The average Bonchev–Trinajstić information content (AvgIpc) is 2.75. The van der Waals surface area contributed by atoms with Crippen molar-refractivity contribution in [3.63, 3.8) is 0 Å². The summed E-state index contributed by atoms with van der Waals surface area (Å²) in [5.41, 5.74) is 6.05. The van der Waals surface area contributed by atoms with Gasteiger partial charge in [0, 0.05) is 7.05 Å². The maximum atomic E-state index is 12.4. The van der Waals surface area contributed by atoms with Gasteiger partial charge in [0.2, 0.25) is 5.91 Å². The summed E-state index contributed by atoms with van der Waals surface area (Å²) in [5.74, 6) is -0.127. The highest BCUT2D eigenvalue weighted by Crippen LogP contribution is 2.40. The summed E-state index contributed by atoms with van der Waals surface area (Å²) in [6.45, 7) is -1.32. The lowest BCUT2D eigenvalue weighted by molar-refractivity contribution is -0.162. The Kier molecular flexibility index (Phi) is 3.88. The number of likely N-dealkylation sites (N-methyl/N-ethyl adjacent to an activating group) is 1. The van der Waals surface area contributed by atoms with Crippen molar-refractivity contribution in [3.05, 3.63) is 29.3 Å². The summed E-state index contributed by atoms with van der Waals surface area (Å²) >= 11 is 0. The van der Waals surface area contributed by atoms with Crippen molar-refractivity contribution in [2.75, 3.05) is 20.7 Å². The van der Waals surface area contributed by atoms with Gasteiger partial charge in [0.25, 0.3) is 0 Å². The van der Waals surface area contributed by atoms with E-state index in [-0.39, 0.29) is 6.42 Å². The summed E-state index contributed by atoms with van der Waals surface area (Å²) in [5, 5.41) is 0. The SMILES string of the molecule is COc1cccc2c1CCC2(N)C(=O)N(C)CC(F)(F)F. The van der Waals surface area contributed by atoms with Gasteiger partial charge in [-0.3, -0.25) is 4.79 Å². The van der Waals surface area contributed by atoms with E-state index in [2.05, 4.69) is 0 Å². The van der Waals surface area contributed by atoms with Crippen molar-refractivity contribution in [1.82, 2.24) is 4.90 Å². The largest absolute Gasteiger partial charge is 0.496 e. The molecule has 2 N–H and O–H groups in total. The van der Waals surface area contributed by atoms with Gasteiger partial charge in [-0.1, -0.05) is 12.1 Å². The predicted octanol–water partition coefficient (Wildman–Crippen LogP) is 1.82. The molecule has 7 heteroatoms. The van der Waals surface area contributed by atoms with Crippen LogP contribution in [0.25, 0.3) is 0 Å². The Labute approximate surface area is 120 Å². The molecule has 1 aromatic rings. The molecule has 0 saturated carbocycles. The Hall–Kier alpha value is -1.76. The molecule has 0 aliphatic heterocycles. The van der Waals surface area contributed by atoms with Crippen LogP contribution in [0, 0.1) is 0 Å². The number of hydrogen-bond donors (Lipinski definition) is 1. The number of nitrogens with zero attached hydrogens (tertiary/aromatic N) is 1. The number of amides is 1. The number of carbonyl (C=O) groups is 1. The molecule has 0 heterocycles. The van der Waals surface area contributed by atoms with Gasteiger partial charge in [-0.05, 0) is 30.0 Å². The van der Waals surface area contributed by atoms with Gasteiger partial charge in [0.15, 0.2) is 0 Å². The molecule has 21 heavy (non-hydrogen) atoms. The molecule has 0 fully saturated rings. The maximum absolute atomic E-state index is 12.4. The first-order valence-electron chi connectivity index (χ1n) is 6.46. The highest BCUT2D eigenvalue weighted by molar-refractivity contribution is 5.89. The van der Waals surface area contributed by atoms with Crippen molar-refractivity contribution < 1.29 is 22.7 Å². The van der Waals surface area contributed by atoms with Gasteiger partial charge in [-0.25, -0.2) is 0 Å².